The Kier molecular flexibility index (Phi) is 11.4. The topological polar surface area (TPSA) is 183 Å². The Morgan fingerprint density at radius 2 is 0.897 bits per heavy atom. The van der Waals surface area contributed by atoms with Crippen LogP contribution in [0.25, 0.3) is 0 Å². The van der Waals surface area contributed by atoms with Crippen LogP contribution in [0.1, 0.15) is 25.7 Å². The Labute approximate surface area is 175 Å². The lowest BCUT2D eigenvalue weighted by Gasteiger charge is -2.39. The van der Waals surface area contributed by atoms with Crippen LogP contribution in [-0.2, 0) is 30.4 Å². The first kappa shape index (κ1) is 28.9. The summed E-state index contributed by atoms with van der Waals surface area (Å²) in [5.41, 5.74) is 0. The van der Waals surface area contributed by atoms with E-state index in [0.29, 0.717) is 19.0 Å². The molecule has 0 aromatic heterocycles. The van der Waals surface area contributed by atoms with Gasteiger partial charge in [-0.1, -0.05) is 0 Å². The molecule has 0 rings (SSSR count). The quantitative estimate of drug-likeness (QED) is 0.130. The minimum Gasteiger partial charge on any atom is -0.432 e. The van der Waals surface area contributed by atoms with Gasteiger partial charge in [0.2, 0.25) is 0 Å². The maximum absolute atomic E-state index is 11.0. The van der Waals surface area contributed by atoms with E-state index in [1.165, 1.54) is 0 Å². The van der Waals surface area contributed by atoms with E-state index in [2.05, 4.69) is 0 Å². The van der Waals surface area contributed by atoms with Crippen LogP contribution in [0.2, 0.25) is 19.1 Å². The summed E-state index contributed by atoms with van der Waals surface area (Å²) in [6.45, 7) is 4.63. The van der Waals surface area contributed by atoms with Gasteiger partial charge in [-0.3, -0.25) is 13.7 Å². The molecule has 0 aliphatic heterocycles. The van der Waals surface area contributed by atoms with Crippen LogP contribution in [0, 0.1) is 0 Å². The molecule has 176 valence electrons. The van der Waals surface area contributed by atoms with Crippen molar-refractivity contribution >= 4 is 38.7 Å². The first-order valence-electron chi connectivity index (χ1n) is 9.26. The van der Waals surface area contributed by atoms with Crippen LogP contribution in [0.5, 0.6) is 0 Å². The van der Waals surface area contributed by atoms with Crippen molar-refractivity contribution in [2.75, 3.05) is 43.4 Å². The highest BCUT2D eigenvalue weighted by Gasteiger charge is 2.30. The van der Waals surface area contributed by atoms with Gasteiger partial charge < -0.3 is 9.28 Å². The molecular formula is C14H34NO10S3Si+. The zero-order valence-electron chi connectivity index (χ0n) is 16.9. The van der Waals surface area contributed by atoms with Crippen molar-refractivity contribution in [3.05, 3.63) is 0 Å². The van der Waals surface area contributed by atoms with Crippen LogP contribution < -0.4 is 0 Å². The Bertz CT molecular complexity index is 710. The molecular weight excluding hydrogens is 466 g/mol. The van der Waals surface area contributed by atoms with Gasteiger partial charge in [-0.05, 0) is 25.6 Å². The molecule has 0 spiro atoms. The summed E-state index contributed by atoms with van der Waals surface area (Å²) >= 11 is 0. The van der Waals surface area contributed by atoms with E-state index in [0.717, 1.165) is 0 Å². The number of hydrogen-bond donors (Lipinski definition) is 4. The molecule has 0 fully saturated rings. The highest BCUT2D eigenvalue weighted by atomic mass is 32.2. The van der Waals surface area contributed by atoms with E-state index in [1.807, 2.05) is 0 Å². The SMILES string of the molecule is C[Si](C)(O)CCC[N+](CCCS(=O)(=O)O)(CCCS(=O)(=O)O)CCCS(=O)(=O)O. The molecule has 0 aromatic rings. The molecule has 0 aromatic carbocycles. The maximum atomic E-state index is 11.0. The van der Waals surface area contributed by atoms with E-state index >= 15 is 0 Å². The van der Waals surface area contributed by atoms with Gasteiger partial charge in [-0.2, -0.15) is 25.3 Å². The largest absolute Gasteiger partial charge is 0.432 e. The molecule has 0 radical (unpaired) electrons. The molecule has 0 aliphatic carbocycles. The van der Waals surface area contributed by atoms with Crippen molar-refractivity contribution in [1.29, 1.82) is 0 Å². The first-order chi connectivity index (χ1) is 12.8. The normalized spacial score (nSPS) is 14.3. The molecule has 0 unspecified atom stereocenters. The summed E-state index contributed by atoms with van der Waals surface area (Å²) in [5.74, 6) is -1.49. The molecule has 0 atom stereocenters. The van der Waals surface area contributed by atoms with Gasteiger partial charge in [-0.25, -0.2) is 0 Å². The van der Waals surface area contributed by atoms with Crippen LogP contribution >= 0.6 is 0 Å². The Balaban J connectivity index is 5.40. The van der Waals surface area contributed by atoms with Crippen LogP contribution in [0.4, 0.5) is 0 Å². The van der Waals surface area contributed by atoms with Gasteiger partial charge in [0.25, 0.3) is 30.4 Å². The summed E-state index contributed by atoms with van der Waals surface area (Å²) < 4.78 is 93.4. The third-order valence-corrected chi connectivity index (χ3v) is 8.52. The van der Waals surface area contributed by atoms with Crippen molar-refractivity contribution in [2.24, 2.45) is 0 Å². The van der Waals surface area contributed by atoms with Crippen molar-refractivity contribution in [3.8, 4) is 0 Å². The van der Waals surface area contributed by atoms with E-state index < -0.39 is 55.9 Å². The highest BCUT2D eigenvalue weighted by Crippen LogP contribution is 2.18. The molecule has 0 saturated heterocycles. The summed E-state index contributed by atoms with van der Waals surface area (Å²) in [4.78, 5) is 10.1. The van der Waals surface area contributed by atoms with E-state index in [-0.39, 0.29) is 43.4 Å². The molecule has 4 N–H and O–H groups in total. The van der Waals surface area contributed by atoms with E-state index in [1.54, 1.807) is 13.1 Å². The third kappa shape index (κ3) is 18.4. The van der Waals surface area contributed by atoms with Crippen LogP contribution in [0.15, 0.2) is 0 Å². The van der Waals surface area contributed by atoms with Gasteiger partial charge in [0.1, 0.15) is 0 Å². The number of nitrogens with zero attached hydrogens (tertiary/aromatic N) is 1. The summed E-state index contributed by atoms with van der Waals surface area (Å²) in [5, 5.41) is 0. The van der Waals surface area contributed by atoms with Crippen LogP contribution in [0.3, 0.4) is 0 Å². The zero-order chi connectivity index (χ0) is 23.0. The number of rotatable bonds is 16. The second kappa shape index (κ2) is 11.5. The lowest BCUT2D eigenvalue weighted by molar-refractivity contribution is -0.928. The fourth-order valence-corrected chi connectivity index (χ4v) is 5.77. The fourth-order valence-electron chi connectivity index (χ4n) is 3.26. The van der Waals surface area contributed by atoms with E-state index in [9.17, 15) is 30.0 Å². The lowest BCUT2D eigenvalue weighted by Crippen LogP contribution is -2.52. The van der Waals surface area contributed by atoms with Crippen molar-refractivity contribution in [1.82, 2.24) is 0 Å². The predicted octanol–water partition coefficient (Wildman–Crippen LogP) is 0.224. The van der Waals surface area contributed by atoms with Crippen molar-refractivity contribution in [2.45, 2.75) is 44.8 Å². The number of quaternary nitrogens is 1. The zero-order valence-corrected chi connectivity index (χ0v) is 20.3. The molecule has 0 heterocycles. The lowest BCUT2D eigenvalue weighted by atomic mass is 10.2. The molecule has 29 heavy (non-hydrogen) atoms. The summed E-state index contributed by atoms with van der Waals surface area (Å²) in [6.07, 6.45) is 0.753. The molecule has 15 heteroatoms. The van der Waals surface area contributed by atoms with Crippen LogP contribution in [-0.4, -0.2) is 99.9 Å². The standard InChI is InChI=1S/C14H33NO10S3Si/c1-29(2,25)14-6-10-15(7-3-11-26(16,17)18,8-4-12-27(19,20)21)9-5-13-28(22,23)24/h25H,3-14H2,1-2H3,(H2-,16,17,18,19,20,21,22,23,24)/p+1. The van der Waals surface area contributed by atoms with Crippen molar-refractivity contribution < 1.29 is 48.2 Å². The number of hydrogen-bond acceptors (Lipinski definition) is 7. The Hall–Kier alpha value is -0.133. The second-order valence-corrected chi connectivity index (χ2v) is 16.9. The maximum Gasteiger partial charge on any atom is 0.265 e. The van der Waals surface area contributed by atoms with Gasteiger partial charge in [0.05, 0.1) is 43.4 Å². The molecule has 0 saturated carbocycles. The van der Waals surface area contributed by atoms with Gasteiger partial charge in [0, 0.05) is 19.3 Å². The molecule has 0 aliphatic rings. The smallest absolute Gasteiger partial charge is 0.265 e. The summed E-state index contributed by atoms with van der Waals surface area (Å²) in [7, 11) is -14.9. The molecule has 0 amide bonds. The van der Waals surface area contributed by atoms with Gasteiger partial charge >= 0.3 is 0 Å². The Morgan fingerprint density at radius 3 is 1.14 bits per heavy atom. The van der Waals surface area contributed by atoms with Crippen molar-refractivity contribution in [3.63, 3.8) is 0 Å². The fraction of sp³-hybridized carbons (Fsp3) is 1.00. The Morgan fingerprint density at radius 1 is 0.621 bits per heavy atom. The van der Waals surface area contributed by atoms with E-state index in [4.69, 9.17) is 13.7 Å². The summed E-state index contributed by atoms with van der Waals surface area (Å²) in [6, 6.07) is 0.544. The average Bonchev–Trinajstić information content (AvgIpc) is 2.41. The van der Waals surface area contributed by atoms with Gasteiger partial charge in [0.15, 0.2) is 8.32 Å². The van der Waals surface area contributed by atoms with Gasteiger partial charge in [-0.15, -0.1) is 0 Å². The molecule has 0 bridgehead atoms. The highest BCUT2D eigenvalue weighted by molar-refractivity contribution is 7.86. The predicted molar refractivity (Wildman–Crippen MR) is 112 cm³/mol. The minimum absolute atomic E-state index is 0.0660. The minimum atomic E-state index is -4.19. The third-order valence-electron chi connectivity index (χ3n) is 4.53. The second-order valence-electron chi connectivity index (χ2n) is 8.07. The monoisotopic (exact) mass is 500 g/mol. The molecule has 11 nitrogen and oxygen atoms in total. The first-order valence-corrected chi connectivity index (χ1v) is 17.2. The average molecular weight is 501 g/mol.